The van der Waals surface area contributed by atoms with Gasteiger partial charge in [-0.3, -0.25) is 4.99 Å². The van der Waals surface area contributed by atoms with E-state index in [1.54, 1.807) is 6.07 Å². The second-order valence-electron chi connectivity index (χ2n) is 3.27. The van der Waals surface area contributed by atoms with Gasteiger partial charge in [0.25, 0.3) is 0 Å². The molecule has 16 heavy (non-hydrogen) atoms. The molecule has 0 spiro atoms. The standard InChI is InChI=1S/C13H10FNO/c14-12-8-4-5-10(13(12)16)9-15-11-6-2-1-3-7-11/h1-9,16H/b15-9+. The highest BCUT2D eigenvalue weighted by atomic mass is 19.1. The third-order valence-corrected chi connectivity index (χ3v) is 2.13. The average Bonchev–Trinajstić information content (AvgIpc) is 2.32. The Morgan fingerprint density at radius 1 is 1.00 bits per heavy atom. The number of aromatic hydroxyl groups is 1. The van der Waals surface area contributed by atoms with Crippen LogP contribution in [0.15, 0.2) is 53.5 Å². The van der Waals surface area contributed by atoms with Gasteiger partial charge in [-0.1, -0.05) is 24.3 Å². The first-order valence-electron chi connectivity index (χ1n) is 4.84. The van der Waals surface area contributed by atoms with Gasteiger partial charge in [-0.15, -0.1) is 0 Å². The first-order valence-corrected chi connectivity index (χ1v) is 4.84. The van der Waals surface area contributed by atoms with E-state index in [9.17, 15) is 9.50 Å². The number of halogens is 1. The fourth-order valence-corrected chi connectivity index (χ4v) is 1.29. The van der Waals surface area contributed by atoms with E-state index in [-0.39, 0.29) is 5.75 Å². The molecule has 2 aromatic rings. The van der Waals surface area contributed by atoms with E-state index in [4.69, 9.17) is 0 Å². The second-order valence-corrected chi connectivity index (χ2v) is 3.27. The summed E-state index contributed by atoms with van der Waals surface area (Å²) in [5, 5.41) is 9.41. The first-order chi connectivity index (χ1) is 7.77. The predicted octanol–water partition coefficient (Wildman–Crippen LogP) is 3.28. The number of nitrogens with zero attached hydrogens (tertiary/aromatic N) is 1. The van der Waals surface area contributed by atoms with E-state index in [1.807, 2.05) is 30.3 Å². The number of phenols is 1. The predicted molar refractivity (Wildman–Crippen MR) is 61.8 cm³/mol. The maximum absolute atomic E-state index is 13.0. The van der Waals surface area contributed by atoms with Gasteiger partial charge in [0.1, 0.15) is 0 Å². The van der Waals surface area contributed by atoms with Crippen molar-refractivity contribution in [3.63, 3.8) is 0 Å². The van der Waals surface area contributed by atoms with Crippen LogP contribution in [0.25, 0.3) is 0 Å². The zero-order valence-corrected chi connectivity index (χ0v) is 8.47. The summed E-state index contributed by atoms with van der Waals surface area (Å²) in [5.74, 6) is -1.01. The van der Waals surface area contributed by atoms with Crippen LogP contribution < -0.4 is 0 Å². The highest BCUT2D eigenvalue weighted by Gasteiger charge is 2.03. The summed E-state index contributed by atoms with van der Waals surface area (Å²) >= 11 is 0. The molecule has 1 N–H and O–H groups in total. The summed E-state index contributed by atoms with van der Waals surface area (Å²) in [6, 6.07) is 13.6. The lowest BCUT2D eigenvalue weighted by atomic mass is 10.2. The molecule has 0 aromatic heterocycles. The van der Waals surface area contributed by atoms with Crippen molar-refractivity contribution in [3.05, 3.63) is 59.9 Å². The summed E-state index contributed by atoms with van der Waals surface area (Å²) in [4.78, 5) is 4.13. The molecule has 2 nitrogen and oxygen atoms in total. The van der Waals surface area contributed by atoms with Crippen LogP contribution in [0.3, 0.4) is 0 Å². The van der Waals surface area contributed by atoms with Crippen molar-refractivity contribution >= 4 is 11.9 Å². The van der Waals surface area contributed by atoms with Crippen LogP contribution in [-0.2, 0) is 0 Å². The number of para-hydroxylation sites is 2. The van der Waals surface area contributed by atoms with Crippen LogP contribution in [0, 0.1) is 5.82 Å². The number of phenolic OH excluding ortho intramolecular Hbond substituents is 1. The number of benzene rings is 2. The zero-order chi connectivity index (χ0) is 11.4. The second kappa shape index (κ2) is 4.57. The molecule has 0 radical (unpaired) electrons. The van der Waals surface area contributed by atoms with Crippen molar-refractivity contribution in [3.8, 4) is 5.75 Å². The van der Waals surface area contributed by atoms with Crippen molar-refractivity contribution in [2.75, 3.05) is 0 Å². The van der Waals surface area contributed by atoms with Crippen LogP contribution in [0.5, 0.6) is 5.75 Å². The molecule has 80 valence electrons. The van der Waals surface area contributed by atoms with E-state index in [2.05, 4.69) is 4.99 Å². The Labute approximate surface area is 92.7 Å². The molecule has 2 aromatic carbocycles. The molecule has 0 unspecified atom stereocenters. The van der Waals surface area contributed by atoms with Crippen molar-refractivity contribution in [2.24, 2.45) is 4.99 Å². The normalized spacial score (nSPS) is 10.8. The summed E-state index contributed by atoms with van der Waals surface area (Å²) in [6.45, 7) is 0. The number of hydrogen-bond donors (Lipinski definition) is 1. The molecule has 0 bridgehead atoms. The Kier molecular flexibility index (Phi) is 2.96. The Morgan fingerprint density at radius 3 is 2.50 bits per heavy atom. The lowest BCUT2D eigenvalue weighted by Gasteiger charge is -1.98. The van der Waals surface area contributed by atoms with Gasteiger partial charge in [-0.05, 0) is 24.3 Å². The molecular formula is C13H10FNO. The minimum Gasteiger partial charge on any atom is -0.504 e. The molecule has 0 amide bonds. The minimum absolute atomic E-state index is 0.365. The van der Waals surface area contributed by atoms with Gasteiger partial charge in [0.15, 0.2) is 11.6 Å². The number of aliphatic imine (C=N–C) groups is 1. The van der Waals surface area contributed by atoms with Gasteiger partial charge in [-0.2, -0.15) is 0 Å². The molecule has 2 rings (SSSR count). The monoisotopic (exact) mass is 215 g/mol. The highest BCUT2D eigenvalue weighted by Crippen LogP contribution is 2.19. The Hall–Kier alpha value is -2.16. The van der Waals surface area contributed by atoms with Crippen LogP contribution in [0.2, 0.25) is 0 Å². The maximum atomic E-state index is 13.0. The topological polar surface area (TPSA) is 32.6 Å². The van der Waals surface area contributed by atoms with Crippen molar-refractivity contribution in [1.29, 1.82) is 0 Å². The van der Waals surface area contributed by atoms with Gasteiger partial charge in [0.2, 0.25) is 0 Å². The highest BCUT2D eigenvalue weighted by molar-refractivity contribution is 5.85. The Bertz CT molecular complexity index is 509. The van der Waals surface area contributed by atoms with Gasteiger partial charge in [0.05, 0.1) is 5.69 Å². The van der Waals surface area contributed by atoms with Gasteiger partial charge >= 0.3 is 0 Å². The van der Waals surface area contributed by atoms with Crippen LogP contribution in [0.4, 0.5) is 10.1 Å². The minimum atomic E-state index is -0.642. The molecule has 3 heteroatoms. The molecule has 0 saturated heterocycles. The fourth-order valence-electron chi connectivity index (χ4n) is 1.29. The quantitative estimate of drug-likeness (QED) is 0.766. The molecular weight excluding hydrogens is 205 g/mol. The van der Waals surface area contributed by atoms with Crippen LogP contribution in [0.1, 0.15) is 5.56 Å². The fraction of sp³-hybridized carbons (Fsp3) is 0. The Morgan fingerprint density at radius 2 is 1.75 bits per heavy atom. The van der Waals surface area contributed by atoms with Crippen LogP contribution >= 0.6 is 0 Å². The summed E-state index contributed by atoms with van der Waals surface area (Å²) in [6.07, 6.45) is 1.44. The smallest absolute Gasteiger partial charge is 0.165 e. The van der Waals surface area contributed by atoms with Crippen molar-refractivity contribution < 1.29 is 9.50 Å². The van der Waals surface area contributed by atoms with Gasteiger partial charge in [0, 0.05) is 11.8 Å². The molecule has 0 aliphatic heterocycles. The van der Waals surface area contributed by atoms with E-state index < -0.39 is 5.82 Å². The maximum Gasteiger partial charge on any atom is 0.165 e. The summed E-state index contributed by atoms with van der Waals surface area (Å²) in [7, 11) is 0. The number of hydrogen-bond acceptors (Lipinski definition) is 2. The molecule has 0 heterocycles. The van der Waals surface area contributed by atoms with Crippen molar-refractivity contribution in [2.45, 2.75) is 0 Å². The molecule has 0 aliphatic carbocycles. The molecule has 0 saturated carbocycles. The van der Waals surface area contributed by atoms with Crippen LogP contribution in [-0.4, -0.2) is 11.3 Å². The van der Waals surface area contributed by atoms with E-state index in [0.29, 0.717) is 5.56 Å². The van der Waals surface area contributed by atoms with Gasteiger partial charge < -0.3 is 5.11 Å². The number of rotatable bonds is 2. The molecule has 0 atom stereocenters. The average molecular weight is 215 g/mol. The molecule has 0 fully saturated rings. The summed E-state index contributed by atoms with van der Waals surface area (Å²) in [5.41, 5.74) is 1.12. The van der Waals surface area contributed by atoms with E-state index >= 15 is 0 Å². The Balaban J connectivity index is 2.28. The zero-order valence-electron chi connectivity index (χ0n) is 8.47. The van der Waals surface area contributed by atoms with E-state index in [0.717, 1.165) is 5.69 Å². The summed E-state index contributed by atoms with van der Waals surface area (Å²) < 4.78 is 13.0. The largest absolute Gasteiger partial charge is 0.504 e. The third-order valence-electron chi connectivity index (χ3n) is 2.13. The third kappa shape index (κ3) is 2.25. The lowest BCUT2D eigenvalue weighted by Crippen LogP contribution is -1.85. The first kappa shape index (κ1) is 10.4. The van der Waals surface area contributed by atoms with E-state index in [1.165, 1.54) is 18.3 Å². The molecule has 0 aliphatic rings. The SMILES string of the molecule is Oc1c(F)cccc1/C=N/c1ccccc1. The van der Waals surface area contributed by atoms with Crippen molar-refractivity contribution in [1.82, 2.24) is 0 Å². The van der Waals surface area contributed by atoms with Gasteiger partial charge in [-0.25, -0.2) is 4.39 Å². The lowest BCUT2D eigenvalue weighted by molar-refractivity contribution is 0.431.